The van der Waals surface area contributed by atoms with Gasteiger partial charge in [-0.15, -0.1) is 0 Å². The molecule has 2 aromatic carbocycles. The van der Waals surface area contributed by atoms with Crippen molar-refractivity contribution in [3.8, 4) is 11.5 Å². The highest BCUT2D eigenvalue weighted by Crippen LogP contribution is 2.73. The third kappa shape index (κ3) is 7.39. The molecular weight excluding hydrogens is 977 g/mol. The fourth-order valence-corrected chi connectivity index (χ4v) is 19.7. The molecule has 10 aliphatic rings. The zero-order chi connectivity index (χ0) is 53.8. The summed E-state index contributed by atoms with van der Waals surface area (Å²) in [6, 6.07) is 7.46. The first-order valence-electron chi connectivity index (χ1n) is 28.0. The number of fused-ring (bicyclic) bond motifs is 10. The number of nitro groups is 2. The number of hydrogen-bond donors (Lipinski definition) is 4. The van der Waals surface area contributed by atoms with Crippen molar-refractivity contribution in [2.45, 2.75) is 166 Å². The van der Waals surface area contributed by atoms with E-state index in [0.717, 1.165) is 62.5 Å². The summed E-state index contributed by atoms with van der Waals surface area (Å²) in [7, 11) is 0. The third-order valence-electron chi connectivity index (χ3n) is 23.8. The van der Waals surface area contributed by atoms with Crippen molar-refractivity contribution >= 4 is 29.5 Å². The SMILES string of the molecule is C[C@]12CC[C@@](O)(c3cc([N+](=O)[O-])ccc3OC(=O)Oc3ccc([N+](=O)[O-])cc3[C@]3(O)CC[C@@]4(C)[C@H](CC[C@@H]5[C@@H]4CC[C@]4(C)[C@@H](C6=CC(=O)OC6)CC[C@]54O)C3)C[C@H]1CC[C@@H]1[C@@H]2CC[C@]2(C)[C@@H](C3=CC(=O)OC3)CC[C@]12O. The Balaban J connectivity index is 0.771. The number of benzene rings is 2. The van der Waals surface area contributed by atoms with Gasteiger partial charge in [0.05, 0.1) is 32.3 Å². The van der Waals surface area contributed by atoms with Gasteiger partial charge in [-0.25, -0.2) is 14.4 Å². The lowest BCUT2D eigenvalue weighted by Gasteiger charge is -2.64. The minimum Gasteiger partial charge on any atom is -0.458 e. The molecule has 0 radical (unpaired) electrons. The Morgan fingerprint density at radius 3 is 1.33 bits per heavy atom. The summed E-state index contributed by atoms with van der Waals surface area (Å²) in [5, 5.41) is 75.7. The highest BCUT2D eigenvalue weighted by atomic mass is 16.7. The van der Waals surface area contributed by atoms with E-state index in [4.69, 9.17) is 18.9 Å². The number of aliphatic hydroxyl groups is 4. The maximum atomic E-state index is 14.1. The molecule has 0 amide bonds. The fraction of sp³-hybridized carbons (Fsp3) is 0.678. The zero-order valence-electron chi connectivity index (χ0n) is 44.1. The molecule has 16 atom stereocenters. The van der Waals surface area contributed by atoms with Crippen LogP contribution < -0.4 is 9.47 Å². The van der Waals surface area contributed by atoms with Gasteiger partial charge in [-0.05, 0) is 197 Å². The molecule has 0 bridgehead atoms. The predicted octanol–water partition coefficient (Wildman–Crippen LogP) is 9.97. The second kappa shape index (κ2) is 17.4. The number of non-ortho nitro benzene ring substituents is 2. The Hall–Kier alpha value is -5.23. The van der Waals surface area contributed by atoms with Gasteiger partial charge in [-0.1, -0.05) is 27.7 Å². The van der Waals surface area contributed by atoms with E-state index in [1.165, 1.54) is 36.4 Å². The van der Waals surface area contributed by atoms with Crippen LogP contribution in [-0.4, -0.2) is 72.8 Å². The lowest BCUT2D eigenvalue weighted by molar-refractivity contribution is -0.385. The number of carbonyl (C=O) groups is 3. The van der Waals surface area contributed by atoms with Crippen LogP contribution in [0.25, 0.3) is 0 Å². The largest absolute Gasteiger partial charge is 0.519 e. The summed E-state index contributed by atoms with van der Waals surface area (Å²) in [6.07, 6.45) is 12.9. The summed E-state index contributed by atoms with van der Waals surface area (Å²) < 4.78 is 22.4. The maximum Gasteiger partial charge on any atom is 0.519 e. The molecular formula is C59H72N2O15. The number of esters is 2. The summed E-state index contributed by atoms with van der Waals surface area (Å²) in [4.78, 5) is 61.7. The molecule has 8 fully saturated rings. The summed E-state index contributed by atoms with van der Waals surface area (Å²) in [6.45, 7) is 9.39. The van der Waals surface area contributed by atoms with Crippen LogP contribution in [0.1, 0.15) is 154 Å². The first-order valence-corrected chi connectivity index (χ1v) is 28.0. The average Bonchev–Trinajstić information content (AvgIpc) is 4.27. The monoisotopic (exact) mass is 1050 g/mol. The van der Waals surface area contributed by atoms with Crippen LogP contribution in [0, 0.1) is 89.2 Å². The molecule has 4 N–H and O–H groups in total. The quantitative estimate of drug-likeness (QED) is 0.0830. The Morgan fingerprint density at radius 2 is 0.961 bits per heavy atom. The average molecular weight is 1050 g/mol. The number of nitrogens with zero attached hydrogens (tertiary/aromatic N) is 2. The fourth-order valence-electron chi connectivity index (χ4n) is 19.7. The zero-order valence-corrected chi connectivity index (χ0v) is 44.1. The summed E-state index contributed by atoms with van der Waals surface area (Å²) in [5.74, 6) is -0.557. The Morgan fingerprint density at radius 1 is 0.553 bits per heavy atom. The van der Waals surface area contributed by atoms with Crippen molar-refractivity contribution in [3.63, 3.8) is 0 Å². The lowest BCUT2D eigenvalue weighted by atomic mass is 9.42. The van der Waals surface area contributed by atoms with Crippen LogP contribution in [-0.2, 0) is 30.3 Å². The molecule has 76 heavy (non-hydrogen) atoms. The smallest absolute Gasteiger partial charge is 0.458 e. The molecule has 0 unspecified atom stereocenters. The van der Waals surface area contributed by atoms with Gasteiger partial charge in [-0.3, -0.25) is 20.2 Å². The van der Waals surface area contributed by atoms with E-state index in [-0.39, 0.29) is 143 Å². The van der Waals surface area contributed by atoms with E-state index in [0.29, 0.717) is 38.5 Å². The van der Waals surface area contributed by atoms with E-state index in [9.17, 15) is 55.0 Å². The predicted molar refractivity (Wildman–Crippen MR) is 272 cm³/mol. The highest BCUT2D eigenvalue weighted by Gasteiger charge is 2.70. The molecule has 2 aromatic rings. The Bertz CT molecular complexity index is 2710. The summed E-state index contributed by atoms with van der Waals surface area (Å²) >= 11 is 0. The third-order valence-corrected chi connectivity index (χ3v) is 23.8. The number of cyclic esters (lactones) is 2. The molecule has 0 spiro atoms. The molecule has 0 aromatic heterocycles. The van der Waals surface area contributed by atoms with Crippen molar-refractivity contribution in [2.75, 3.05) is 13.2 Å². The summed E-state index contributed by atoms with van der Waals surface area (Å²) in [5.41, 5.74) is -5.07. The van der Waals surface area contributed by atoms with Crippen LogP contribution in [0.15, 0.2) is 59.7 Å². The maximum absolute atomic E-state index is 14.1. The molecule has 8 saturated carbocycles. The first kappa shape index (κ1) is 51.5. The lowest BCUT2D eigenvalue weighted by Crippen LogP contribution is -2.62. The molecule has 2 heterocycles. The number of nitro benzene ring substituents is 2. The van der Waals surface area contributed by atoms with Gasteiger partial charge in [0.2, 0.25) is 0 Å². The Kier molecular flexibility index (Phi) is 11.8. The van der Waals surface area contributed by atoms with Gasteiger partial charge < -0.3 is 39.4 Å². The molecule has 8 aliphatic carbocycles. The van der Waals surface area contributed by atoms with Crippen LogP contribution in [0.5, 0.6) is 11.5 Å². The normalized spacial score (nSPS) is 44.1. The molecule has 12 rings (SSSR count). The second-order valence-electron chi connectivity index (χ2n) is 26.4. The van der Waals surface area contributed by atoms with E-state index in [1.54, 1.807) is 12.2 Å². The van der Waals surface area contributed by atoms with E-state index >= 15 is 0 Å². The minimum absolute atomic E-state index is 0.0122. The van der Waals surface area contributed by atoms with Crippen LogP contribution in [0.2, 0.25) is 0 Å². The molecule has 17 nitrogen and oxygen atoms in total. The van der Waals surface area contributed by atoms with Gasteiger partial charge in [0.25, 0.3) is 11.4 Å². The Labute approximate surface area is 442 Å². The number of hydrogen-bond acceptors (Lipinski definition) is 15. The molecule has 17 heteroatoms. The van der Waals surface area contributed by atoms with Crippen molar-refractivity contribution < 1.29 is 63.6 Å². The van der Waals surface area contributed by atoms with E-state index in [2.05, 4.69) is 27.7 Å². The van der Waals surface area contributed by atoms with Gasteiger partial charge in [0, 0.05) is 58.4 Å². The van der Waals surface area contributed by atoms with Crippen LogP contribution >= 0.6 is 0 Å². The molecule has 408 valence electrons. The number of carbonyl (C=O) groups excluding carboxylic acids is 3. The van der Waals surface area contributed by atoms with Crippen molar-refractivity contribution in [1.82, 2.24) is 0 Å². The van der Waals surface area contributed by atoms with Crippen LogP contribution in [0.4, 0.5) is 16.2 Å². The van der Waals surface area contributed by atoms with Crippen molar-refractivity contribution in [1.29, 1.82) is 0 Å². The van der Waals surface area contributed by atoms with Gasteiger partial charge in [0.15, 0.2) is 0 Å². The van der Waals surface area contributed by atoms with Crippen molar-refractivity contribution in [2.24, 2.45) is 69.0 Å². The standard InChI is InChI=1S/C59H72N2O15/c1-52-21-23-56(65,29-35(52)5-9-43-41(52)13-17-54(3)39(15-19-58(43,54)67)33-25-49(62)73-31-33)45-27-37(60(69)70)7-11-47(45)75-51(64)76-48-12-8-38(61(71)72)28-46(48)57(66)24-22-53(2)36(30-57)6-10-44-42(53)14-18-55(4)40(16-20-59(44,55)68)34-26-50(63)74-32-34/h7-8,11-12,25-28,35-36,39-44,65-68H,5-6,9-10,13-24,29-32H2,1-4H3/t35-,36-,39-,40-,41+,42+,43-,44-,52+,53+,54-,55-,56+,57+,58+,59+/m1/s1. The molecule has 2 aliphatic heterocycles. The first-order chi connectivity index (χ1) is 35.9. The van der Waals surface area contributed by atoms with E-state index in [1.807, 2.05) is 0 Å². The number of rotatable bonds is 8. The number of ether oxygens (including phenoxy) is 4. The van der Waals surface area contributed by atoms with Gasteiger partial charge >= 0.3 is 18.1 Å². The minimum atomic E-state index is -1.64. The van der Waals surface area contributed by atoms with Gasteiger partial charge in [-0.2, -0.15) is 0 Å². The van der Waals surface area contributed by atoms with Crippen LogP contribution in [0.3, 0.4) is 0 Å². The molecule has 0 saturated heterocycles. The second-order valence-corrected chi connectivity index (χ2v) is 26.4. The van der Waals surface area contributed by atoms with E-state index < -0.39 is 49.2 Å². The van der Waals surface area contributed by atoms with Gasteiger partial charge in [0.1, 0.15) is 24.7 Å². The van der Waals surface area contributed by atoms with Crippen molar-refractivity contribution in [3.05, 3.63) is 91.1 Å². The topological polar surface area (TPSA) is 255 Å². The highest BCUT2D eigenvalue weighted by molar-refractivity contribution is 5.86.